The Morgan fingerprint density at radius 3 is 2.79 bits per heavy atom. The van der Waals surface area contributed by atoms with Crippen LogP contribution in [0.2, 0.25) is 0 Å². The van der Waals surface area contributed by atoms with Gasteiger partial charge in [0.25, 0.3) is 11.6 Å². The molecule has 7 heteroatoms. The SMILES string of the molecule is O=C(N/N=C/c1cccc2cccnc12)c1cccc([N+](=O)[O-])c1. The van der Waals surface area contributed by atoms with E-state index in [1.807, 2.05) is 30.3 Å². The molecule has 0 atom stereocenters. The number of nitrogens with one attached hydrogen (secondary N) is 1. The number of benzene rings is 2. The van der Waals surface area contributed by atoms with Crippen LogP contribution < -0.4 is 5.43 Å². The maximum atomic E-state index is 12.0. The molecule has 1 amide bonds. The predicted molar refractivity (Wildman–Crippen MR) is 89.9 cm³/mol. The van der Waals surface area contributed by atoms with Gasteiger partial charge in [0.05, 0.1) is 16.7 Å². The summed E-state index contributed by atoms with van der Waals surface area (Å²) < 4.78 is 0. The molecule has 7 nitrogen and oxygen atoms in total. The van der Waals surface area contributed by atoms with Gasteiger partial charge in [-0.15, -0.1) is 0 Å². The van der Waals surface area contributed by atoms with Crippen molar-refractivity contribution in [2.45, 2.75) is 0 Å². The highest BCUT2D eigenvalue weighted by Gasteiger charge is 2.10. The summed E-state index contributed by atoms with van der Waals surface area (Å²) in [4.78, 5) is 26.5. The van der Waals surface area contributed by atoms with Gasteiger partial charge in [-0.25, -0.2) is 5.43 Å². The third-order valence-electron chi connectivity index (χ3n) is 3.35. The minimum absolute atomic E-state index is 0.148. The summed E-state index contributed by atoms with van der Waals surface area (Å²) in [6.07, 6.45) is 3.17. The summed E-state index contributed by atoms with van der Waals surface area (Å²) in [6.45, 7) is 0. The molecule has 0 radical (unpaired) electrons. The highest BCUT2D eigenvalue weighted by Crippen LogP contribution is 2.14. The lowest BCUT2D eigenvalue weighted by molar-refractivity contribution is -0.384. The molecule has 0 saturated carbocycles. The fraction of sp³-hybridized carbons (Fsp3) is 0. The van der Waals surface area contributed by atoms with E-state index in [0.29, 0.717) is 0 Å². The van der Waals surface area contributed by atoms with Crippen LogP contribution in [0.4, 0.5) is 5.69 Å². The van der Waals surface area contributed by atoms with Crippen molar-refractivity contribution in [2.24, 2.45) is 5.10 Å². The normalized spacial score (nSPS) is 10.8. The zero-order chi connectivity index (χ0) is 16.9. The molecule has 0 aliphatic heterocycles. The zero-order valence-electron chi connectivity index (χ0n) is 12.4. The van der Waals surface area contributed by atoms with Gasteiger partial charge < -0.3 is 0 Å². The Morgan fingerprint density at radius 2 is 1.96 bits per heavy atom. The third kappa shape index (κ3) is 3.25. The second-order valence-electron chi connectivity index (χ2n) is 4.93. The monoisotopic (exact) mass is 320 g/mol. The lowest BCUT2D eigenvalue weighted by Gasteiger charge is -2.01. The number of nitro benzene ring substituents is 1. The maximum Gasteiger partial charge on any atom is 0.271 e. The van der Waals surface area contributed by atoms with E-state index < -0.39 is 10.8 Å². The molecule has 0 aliphatic rings. The number of rotatable bonds is 4. The second kappa shape index (κ2) is 6.66. The smallest absolute Gasteiger partial charge is 0.267 e. The first kappa shape index (κ1) is 15.3. The number of hydrogen-bond donors (Lipinski definition) is 1. The van der Waals surface area contributed by atoms with Crippen molar-refractivity contribution < 1.29 is 9.72 Å². The molecule has 0 spiro atoms. The van der Waals surface area contributed by atoms with Crippen molar-refractivity contribution in [3.63, 3.8) is 0 Å². The van der Waals surface area contributed by atoms with Crippen LogP contribution in [-0.2, 0) is 0 Å². The summed E-state index contributed by atoms with van der Waals surface area (Å²) in [5.41, 5.74) is 3.90. The lowest BCUT2D eigenvalue weighted by Crippen LogP contribution is -2.17. The Kier molecular flexibility index (Phi) is 4.24. The molecule has 2 aromatic carbocycles. The van der Waals surface area contributed by atoms with E-state index in [0.717, 1.165) is 16.5 Å². The number of carbonyl (C=O) groups excluding carboxylic acids is 1. The molecule has 3 rings (SSSR count). The molecule has 1 heterocycles. The minimum atomic E-state index is -0.554. The van der Waals surface area contributed by atoms with Crippen LogP contribution in [0, 0.1) is 10.1 Å². The number of hydrogen-bond acceptors (Lipinski definition) is 5. The van der Waals surface area contributed by atoms with Gasteiger partial charge in [0, 0.05) is 34.8 Å². The highest BCUT2D eigenvalue weighted by atomic mass is 16.6. The molecular weight excluding hydrogens is 308 g/mol. The van der Waals surface area contributed by atoms with Gasteiger partial charge in [-0.05, 0) is 12.1 Å². The number of aromatic nitrogens is 1. The van der Waals surface area contributed by atoms with Gasteiger partial charge in [-0.2, -0.15) is 5.10 Å². The van der Waals surface area contributed by atoms with Crippen molar-refractivity contribution in [3.8, 4) is 0 Å². The Balaban J connectivity index is 1.77. The molecule has 0 saturated heterocycles. The molecule has 24 heavy (non-hydrogen) atoms. The van der Waals surface area contributed by atoms with Gasteiger partial charge >= 0.3 is 0 Å². The van der Waals surface area contributed by atoms with E-state index in [1.54, 1.807) is 6.20 Å². The van der Waals surface area contributed by atoms with Gasteiger partial charge in [0.2, 0.25) is 0 Å². The summed E-state index contributed by atoms with van der Waals surface area (Å²) >= 11 is 0. The van der Waals surface area contributed by atoms with E-state index in [-0.39, 0.29) is 11.3 Å². The fourth-order valence-electron chi connectivity index (χ4n) is 2.22. The van der Waals surface area contributed by atoms with E-state index in [9.17, 15) is 14.9 Å². The second-order valence-corrected chi connectivity index (χ2v) is 4.93. The van der Waals surface area contributed by atoms with Crippen molar-refractivity contribution >= 4 is 28.7 Å². The van der Waals surface area contributed by atoms with Crippen molar-refractivity contribution in [1.82, 2.24) is 10.4 Å². The molecule has 0 fully saturated rings. The summed E-state index contributed by atoms with van der Waals surface area (Å²) in [7, 11) is 0. The number of pyridine rings is 1. The largest absolute Gasteiger partial charge is 0.271 e. The Bertz CT molecular complexity index is 948. The molecule has 0 bridgehead atoms. The number of para-hydroxylation sites is 1. The van der Waals surface area contributed by atoms with Crippen LogP contribution in [-0.4, -0.2) is 22.0 Å². The van der Waals surface area contributed by atoms with Gasteiger partial charge in [-0.3, -0.25) is 19.9 Å². The Morgan fingerprint density at radius 1 is 1.17 bits per heavy atom. The van der Waals surface area contributed by atoms with E-state index in [4.69, 9.17) is 0 Å². The minimum Gasteiger partial charge on any atom is -0.267 e. The van der Waals surface area contributed by atoms with Crippen LogP contribution in [0.15, 0.2) is 65.9 Å². The first-order valence-electron chi connectivity index (χ1n) is 7.07. The van der Waals surface area contributed by atoms with Gasteiger partial charge in [-0.1, -0.05) is 30.3 Å². The summed E-state index contributed by atoms with van der Waals surface area (Å²) in [5.74, 6) is -0.525. The average molecular weight is 320 g/mol. The maximum absolute atomic E-state index is 12.0. The number of fused-ring (bicyclic) bond motifs is 1. The third-order valence-corrected chi connectivity index (χ3v) is 3.35. The number of nitro groups is 1. The van der Waals surface area contributed by atoms with Crippen molar-refractivity contribution in [3.05, 3.63) is 82.0 Å². The summed E-state index contributed by atoms with van der Waals surface area (Å²) in [5, 5.41) is 15.6. The summed E-state index contributed by atoms with van der Waals surface area (Å²) in [6, 6.07) is 14.9. The van der Waals surface area contributed by atoms with Crippen molar-refractivity contribution in [1.29, 1.82) is 0 Å². The molecule has 1 aromatic heterocycles. The average Bonchev–Trinajstić information content (AvgIpc) is 2.62. The quantitative estimate of drug-likeness (QED) is 0.454. The van der Waals surface area contributed by atoms with Crippen LogP contribution in [0.25, 0.3) is 10.9 Å². The topological polar surface area (TPSA) is 97.5 Å². The van der Waals surface area contributed by atoms with E-state index in [1.165, 1.54) is 30.5 Å². The Hall–Kier alpha value is -3.61. The predicted octanol–water partition coefficient (Wildman–Crippen LogP) is 2.91. The van der Waals surface area contributed by atoms with Gasteiger partial charge in [0.15, 0.2) is 0 Å². The number of hydrazone groups is 1. The molecule has 0 aliphatic carbocycles. The molecule has 3 aromatic rings. The van der Waals surface area contributed by atoms with E-state index in [2.05, 4.69) is 15.5 Å². The van der Waals surface area contributed by atoms with Crippen LogP contribution in [0.3, 0.4) is 0 Å². The standard InChI is InChI=1S/C17H12N4O3/c22-17(13-5-2-8-15(10-13)21(23)24)20-19-11-14-6-1-4-12-7-3-9-18-16(12)14/h1-11H,(H,20,22)/b19-11+. The van der Waals surface area contributed by atoms with Crippen LogP contribution in [0.1, 0.15) is 15.9 Å². The van der Waals surface area contributed by atoms with E-state index >= 15 is 0 Å². The highest BCUT2D eigenvalue weighted by molar-refractivity contribution is 5.99. The van der Waals surface area contributed by atoms with Crippen LogP contribution in [0.5, 0.6) is 0 Å². The first-order chi connectivity index (χ1) is 11.6. The fourth-order valence-corrected chi connectivity index (χ4v) is 2.22. The molecular formula is C17H12N4O3. The number of carbonyl (C=O) groups is 1. The first-order valence-corrected chi connectivity index (χ1v) is 7.07. The van der Waals surface area contributed by atoms with Gasteiger partial charge in [0.1, 0.15) is 0 Å². The van der Waals surface area contributed by atoms with Crippen LogP contribution >= 0.6 is 0 Å². The lowest BCUT2D eigenvalue weighted by atomic mass is 10.1. The number of non-ortho nitro benzene ring substituents is 1. The van der Waals surface area contributed by atoms with Crippen molar-refractivity contribution in [2.75, 3.05) is 0 Å². The Labute approximate surface area is 136 Å². The molecule has 1 N–H and O–H groups in total. The zero-order valence-corrected chi connectivity index (χ0v) is 12.4. The number of amides is 1. The molecule has 118 valence electrons. The molecule has 0 unspecified atom stereocenters. The number of nitrogens with zero attached hydrogens (tertiary/aromatic N) is 3.